The van der Waals surface area contributed by atoms with Crippen molar-refractivity contribution in [3.8, 4) is 17.1 Å². The fourth-order valence-electron chi connectivity index (χ4n) is 1.84. The number of hydrogen-bond acceptors (Lipinski definition) is 5. The molecule has 0 fully saturated rings. The highest BCUT2D eigenvalue weighted by Gasteiger charge is 2.19. The molecular weight excluding hydrogens is 344 g/mol. The first kappa shape index (κ1) is 17.2. The highest BCUT2D eigenvalue weighted by Crippen LogP contribution is 2.35. The van der Waals surface area contributed by atoms with Crippen LogP contribution < -0.4 is 10.1 Å². The molecule has 0 aliphatic rings. The molecule has 0 aliphatic carbocycles. The number of nitrogens with zero attached hydrogens (tertiary/aromatic N) is 2. The maximum atomic E-state index is 14.5. The largest absolute Gasteiger partial charge is 0.492 e. The summed E-state index contributed by atoms with van der Waals surface area (Å²) in [6.45, 7) is 3.93. The molecule has 0 unspecified atom stereocenters. The van der Waals surface area contributed by atoms with Crippen molar-refractivity contribution >= 4 is 35.3 Å². The van der Waals surface area contributed by atoms with Crippen LogP contribution in [-0.4, -0.2) is 29.9 Å². The normalized spacial score (nSPS) is 10.3. The van der Waals surface area contributed by atoms with Crippen molar-refractivity contribution in [3.63, 3.8) is 0 Å². The zero-order valence-electron chi connectivity index (χ0n) is 12.1. The van der Waals surface area contributed by atoms with Gasteiger partial charge < -0.3 is 10.1 Å². The lowest BCUT2D eigenvalue weighted by molar-refractivity contribution is 0.111. The van der Waals surface area contributed by atoms with E-state index in [9.17, 15) is 9.18 Å². The standard InChI is InChI=1S/C15H12Cl2FN3O2/c1-3-6-19-15-11(17)10(7-22)20-14(21-15)8-4-5-9(16)13(23-2)12(8)18/h3-5,7H,1,6H2,2H3,(H,19,20,21). The van der Waals surface area contributed by atoms with Gasteiger partial charge in [-0.3, -0.25) is 4.79 Å². The summed E-state index contributed by atoms with van der Waals surface area (Å²) in [4.78, 5) is 19.3. The van der Waals surface area contributed by atoms with Gasteiger partial charge in [0.15, 0.2) is 23.7 Å². The van der Waals surface area contributed by atoms with Crippen molar-refractivity contribution in [3.05, 3.63) is 46.3 Å². The molecule has 8 heteroatoms. The van der Waals surface area contributed by atoms with E-state index in [0.29, 0.717) is 12.8 Å². The van der Waals surface area contributed by atoms with Gasteiger partial charge in [-0.1, -0.05) is 29.3 Å². The quantitative estimate of drug-likeness (QED) is 0.626. The molecule has 0 saturated carbocycles. The van der Waals surface area contributed by atoms with Gasteiger partial charge in [0, 0.05) is 6.54 Å². The van der Waals surface area contributed by atoms with Gasteiger partial charge in [0.05, 0.1) is 17.7 Å². The van der Waals surface area contributed by atoms with Crippen molar-refractivity contribution in [1.82, 2.24) is 9.97 Å². The number of halogens is 3. The van der Waals surface area contributed by atoms with Crippen LogP contribution >= 0.6 is 23.2 Å². The topological polar surface area (TPSA) is 64.1 Å². The van der Waals surface area contributed by atoms with E-state index in [1.165, 1.54) is 19.2 Å². The highest BCUT2D eigenvalue weighted by atomic mass is 35.5. The molecule has 23 heavy (non-hydrogen) atoms. The van der Waals surface area contributed by atoms with E-state index in [-0.39, 0.29) is 38.7 Å². The summed E-state index contributed by atoms with van der Waals surface area (Å²) in [6.07, 6.45) is 2.06. The number of hydrogen-bond donors (Lipinski definition) is 1. The number of carbonyl (C=O) groups is 1. The van der Waals surface area contributed by atoms with E-state index >= 15 is 0 Å². The van der Waals surface area contributed by atoms with Crippen LogP contribution in [0.3, 0.4) is 0 Å². The first-order valence-corrected chi connectivity index (χ1v) is 7.18. The minimum atomic E-state index is -0.728. The summed E-state index contributed by atoms with van der Waals surface area (Å²) < 4.78 is 19.4. The molecule has 0 atom stereocenters. The first-order chi connectivity index (χ1) is 11.0. The Morgan fingerprint density at radius 1 is 1.39 bits per heavy atom. The number of nitrogens with one attached hydrogen (secondary N) is 1. The second kappa shape index (κ2) is 7.39. The molecule has 1 heterocycles. The molecule has 2 rings (SSSR count). The number of aromatic nitrogens is 2. The van der Waals surface area contributed by atoms with E-state index in [0.717, 1.165) is 0 Å². The van der Waals surface area contributed by atoms with Gasteiger partial charge in [0.25, 0.3) is 0 Å². The Kier molecular flexibility index (Phi) is 5.52. The van der Waals surface area contributed by atoms with Gasteiger partial charge >= 0.3 is 0 Å². The van der Waals surface area contributed by atoms with Crippen molar-refractivity contribution in [2.75, 3.05) is 19.0 Å². The van der Waals surface area contributed by atoms with Crippen molar-refractivity contribution in [2.45, 2.75) is 0 Å². The molecule has 1 aromatic heterocycles. The lowest BCUT2D eigenvalue weighted by Gasteiger charge is -2.12. The van der Waals surface area contributed by atoms with Gasteiger partial charge in [0.1, 0.15) is 16.5 Å². The minimum Gasteiger partial charge on any atom is -0.492 e. The third kappa shape index (κ3) is 3.43. The molecule has 0 spiro atoms. The first-order valence-electron chi connectivity index (χ1n) is 6.43. The molecule has 1 aromatic carbocycles. The maximum absolute atomic E-state index is 14.5. The molecule has 2 aromatic rings. The highest BCUT2D eigenvalue weighted by molar-refractivity contribution is 6.35. The summed E-state index contributed by atoms with van der Waals surface area (Å²) in [7, 11) is 1.30. The van der Waals surface area contributed by atoms with Crippen LogP contribution in [0.2, 0.25) is 10.0 Å². The summed E-state index contributed by atoms with van der Waals surface area (Å²) in [6, 6.07) is 2.85. The molecule has 0 bridgehead atoms. The number of rotatable bonds is 6. The number of aldehydes is 1. The Bertz CT molecular complexity index is 769. The smallest absolute Gasteiger partial charge is 0.177 e. The molecular formula is C15H12Cl2FN3O2. The summed E-state index contributed by atoms with van der Waals surface area (Å²) in [5, 5.41) is 3.03. The Labute approximate surface area is 142 Å². The van der Waals surface area contributed by atoms with Gasteiger partial charge in [-0.25, -0.2) is 14.4 Å². The van der Waals surface area contributed by atoms with E-state index < -0.39 is 5.82 Å². The zero-order chi connectivity index (χ0) is 17.0. The zero-order valence-corrected chi connectivity index (χ0v) is 13.6. The molecule has 0 radical (unpaired) electrons. The third-order valence-electron chi connectivity index (χ3n) is 2.90. The average molecular weight is 356 g/mol. The fourth-order valence-corrected chi connectivity index (χ4v) is 2.26. The van der Waals surface area contributed by atoms with Gasteiger partial charge in [-0.05, 0) is 12.1 Å². The number of anilines is 1. The van der Waals surface area contributed by atoms with Crippen LogP contribution in [-0.2, 0) is 0 Å². The van der Waals surface area contributed by atoms with Crippen LogP contribution in [0.5, 0.6) is 5.75 Å². The van der Waals surface area contributed by atoms with Crippen LogP contribution in [0.25, 0.3) is 11.4 Å². The predicted octanol–water partition coefficient (Wildman–Crippen LogP) is 4.01. The van der Waals surface area contributed by atoms with Gasteiger partial charge in [-0.2, -0.15) is 0 Å². The van der Waals surface area contributed by atoms with E-state index in [2.05, 4.69) is 21.9 Å². The second-order valence-electron chi connectivity index (χ2n) is 4.32. The van der Waals surface area contributed by atoms with Crippen molar-refractivity contribution in [2.24, 2.45) is 0 Å². The Balaban J connectivity index is 2.64. The van der Waals surface area contributed by atoms with Crippen LogP contribution in [0, 0.1) is 5.82 Å². The van der Waals surface area contributed by atoms with Gasteiger partial charge in [0.2, 0.25) is 0 Å². The van der Waals surface area contributed by atoms with E-state index in [4.69, 9.17) is 27.9 Å². The number of benzene rings is 1. The number of ether oxygens (including phenoxy) is 1. The maximum Gasteiger partial charge on any atom is 0.177 e. The molecule has 120 valence electrons. The molecule has 1 N–H and O–H groups in total. The lowest BCUT2D eigenvalue weighted by atomic mass is 10.1. The number of carbonyl (C=O) groups excluding carboxylic acids is 1. The fraction of sp³-hybridized carbons (Fsp3) is 0.133. The van der Waals surface area contributed by atoms with E-state index in [1.807, 2.05) is 0 Å². The molecule has 0 saturated heterocycles. The minimum absolute atomic E-state index is 0.0180. The predicted molar refractivity (Wildman–Crippen MR) is 88.1 cm³/mol. The van der Waals surface area contributed by atoms with E-state index in [1.54, 1.807) is 6.08 Å². The molecule has 0 aliphatic heterocycles. The van der Waals surface area contributed by atoms with Crippen molar-refractivity contribution in [1.29, 1.82) is 0 Å². The Hall–Kier alpha value is -2.18. The second-order valence-corrected chi connectivity index (χ2v) is 5.11. The monoisotopic (exact) mass is 355 g/mol. The Morgan fingerprint density at radius 2 is 2.13 bits per heavy atom. The van der Waals surface area contributed by atoms with Crippen LogP contribution in [0.1, 0.15) is 10.5 Å². The summed E-state index contributed by atoms with van der Waals surface area (Å²) in [5.41, 5.74) is -0.0239. The molecule has 0 amide bonds. The van der Waals surface area contributed by atoms with Crippen molar-refractivity contribution < 1.29 is 13.9 Å². The van der Waals surface area contributed by atoms with Crippen LogP contribution in [0.4, 0.5) is 10.2 Å². The van der Waals surface area contributed by atoms with Crippen LogP contribution in [0.15, 0.2) is 24.8 Å². The SMILES string of the molecule is C=CCNc1nc(-c2ccc(Cl)c(OC)c2F)nc(C=O)c1Cl. The Morgan fingerprint density at radius 3 is 2.74 bits per heavy atom. The number of methoxy groups -OCH3 is 1. The summed E-state index contributed by atoms with van der Waals surface area (Å²) >= 11 is 11.9. The summed E-state index contributed by atoms with van der Waals surface area (Å²) in [5.74, 6) is -0.674. The third-order valence-corrected chi connectivity index (χ3v) is 3.57. The van der Waals surface area contributed by atoms with Gasteiger partial charge in [-0.15, -0.1) is 6.58 Å². The average Bonchev–Trinajstić information content (AvgIpc) is 2.54. The lowest BCUT2D eigenvalue weighted by Crippen LogP contribution is -2.07. The molecule has 5 nitrogen and oxygen atoms in total.